The highest BCUT2D eigenvalue weighted by atomic mass is 16.3. The number of pyridine rings is 1. The lowest BCUT2D eigenvalue weighted by Crippen LogP contribution is -2.20. The van der Waals surface area contributed by atoms with Crippen LogP contribution in [-0.2, 0) is 6.54 Å². The van der Waals surface area contributed by atoms with E-state index in [1.54, 1.807) is 12.3 Å². The quantitative estimate of drug-likeness (QED) is 0.889. The summed E-state index contributed by atoms with van der Waals surface area (Å²) in [6.07, 6.45) is 5.56. The van der Waals surface area contributed by atoms with E-state index in [-0.39, 0.29) is 12.2 Å². The Morgan fingerprint density at radius 3 is 2.44 bits per heavy atom. The van der Waals surface area contributed by atoms with Gasteiger partial charge in [0.2, 0.25) is 0 Å². The van der Waals surface area contributed by atoms with Crippen LogP contribution < -0.4 is 5.56 Å². The molecule has 3 heteroatoms. The first-order valence-corrected chi connectivity index (χ1v) is 5.84. The van der Waals surface area contributed by atoms with Crippen molar-refractivity contribution in [1.29, 1.82) is 0 Å². The molecule has 0 aliphatic carbocycles. The van der Waals surface area contributed by atoms with E-state index >= 15 is 0 Å². The summed E-state index contributed by atoms with van der Waals surface area (Å²) in [5.74, 6) is 0. The molecule has 0 unspecified atom stereocenters. The maximum Gasteiger partial charge on any atom is 0.251 e. The largest absolute Gasteiger partial charge is 0.395 e. The number of aromatic nitrogens is 1. The molecule has 0 bridgehead atoms. The zero-order chi connectivity index (χ0) is 12.8. The van der Waals surface area contributed by atoms with Gasteiger partial charge in [0.1, 0.15) is 0 Å². The minimum absolute atomic E-state index is 0.0287. The highest BCUT2D eigenvalue weighted by Crippen LogP contribution is 2.06. The van der Waals surface area contributed by atoms with Gasteiger partial charge in [-0.3, -0.25) is 4.79 Å². The van der Waals surface area contributed by atoms with Gasteiger partial charge in [0.15, 0.2) is 0 Å². The number of benzene rings is 1. The number of hydrogen-bond acceptors (Lipinski definition) is 2. The average Bonchev–Trinajstić information content (AvgIpc) is 2.41. The Hall–Kier alpha value is -2.13. The summed E-state index contributed by atoms with van der Waals surface area (Å²) in [5, 5.41) is 8.79. The number of aliphatic hydroxyl groups is 1. The lowest BCUT2D eigenvalue weighted by molar-refractivity contribution is 0.274. The maximum absolute atomic E-state index is 11.7. The molecule has 0 aliphatic heterocycles. The number of aliphatic hydroxyl groups excluding tert-OH is 1. The third-order valence-corrected chi connectivity index (χ3v) is 2.63. The monoisotopic (exact) mass is 241 g/mol. The van der Waals surface area contributed by atoms with Gasteiger partial charge in [-0.2, -0.15) is 0 Å². The van der Waals surface area contributed by atoms with E-state index in [2.05, 4.69) is 0 Å². The van der Waals surface area contributed by atoms with Crippen molar-refractivity contribution in [1.82, 2.24) is 4.57 Å². The van der Waals surface area contributed by atoms with E-state index in [1.165, 1.54) is 4.57 Å². The van der Waals surface area contributed by atoms with Gasteiger partial charge in [-0.15, -0.1) is 0 Å². The van der Waals surface area contributed by atoms with Gasteiger partial charge in [0.05, 0.1) is 6.61 Å². The van der Waals surface area contributed by atoms with E-state index in [9.17, 15) is 4.79 Å². The fourth-order valence-corrected chi connectivity index (χ4v) is 1.68. The second-order valence-corrected chi connectivity index (χ2v) is 3.96. The van der Waals surface area contributed by atoms with Crippen LogP contribution in [0, 0.1) is 0 Å². The minimum atomic E-state index is -0.0979. The van der Waals surface area contributed by atoms with Gasteiger partial charge < -0.3 is 9.67 Å². The maximum atomic E-state index is 11.7. The van der Waals surface area contributed by atoms with E-state index in [0.717, 1.165) is 11.1 Å². The summed E-state index contributed by atoms with van der Waals surface area (Å²) < 4.78 is 1.49. The van der Waals surface area contributed by atoms with Crippen molar-refractivity contribution >= 4 is 12.2 Å². The van der Waals surface area contributed by atoms with Gasteiger partial charge in [0.25, 0.3) is 5.56 Å². The Morgan fingerprint density at radius 2 is 1.78 bits per heavy atom. The van der Waals surface area contributed by atoms with Crippen molar-refractivity contribution in [3.63, 3.8) is 0 Å². The molecule has 1 aromatic carbocycles. The van der Waals surface area contributed by atoms with Gasteiger partial charge in [-0.25, -0.2) is 0 Å². The zero-order valence-electron chi connectivity index (χ0n) is 9.99. The fraction of sp³-hybridized carbons (Fsp3) is 0.133. The Kier molecular flexibility index (Phi) is 4.10. The van der Waals surface area contributed by atoms with Crippen LogP contribution in [0.4, 0.5) is 0 Å². The normalized spacial score (nSPS) is 10.9. The SMILES string of the molecule is O=c1cc(/C=C/c2ccccc2)ccn1CCO. The van der Waals surface area contributed by atoms with E-state index in [4.69, 9.17) is 5.11 Å². The molecule has 0 amide bonds. The van der Waals surface area contributed by atoms with E-state index < -0.39 is 0 Å². The molecule has 92 valence electrons. The zero-order valence-corrected chi connectivity index (χ0v) is 9.99. The smallest absolute Gasteiger partial charge is 0.251 e. The van der Waals surface area contributed by atoms with Crippen LogP contribution >= 0.6 is 0 Å². The molecule has 0 radical (unpaired) electrons. The van der Waals surface area contributed by atoms with Crippen molar-refractivity contribution < 1.29 is 5.11 Å². The second-order valence-electron chi connectivity index (χ2n) is 3.96. The van der Waals surface area contributed by atoms with Gasteiger partial charge in [-0.05, 0) is 17.2 Å². The number of rotatable bonds is 4. The van der Waals surface area contributed by atoms with Gasteiger partial charge in [0, 0.05) is 18.8 Å². The fourth-order valence-electron chi connectivity index (χ4n) is 1.68. The first-order chi connectivity index (χ1) is 8.79. The lowest BCUT2D eigenvalue weighted by Gasteiger charge is -2.02. The lowest BCUT2D eigenvalue weighted by atomic mass is 10.1. The first-order valence-electron chi connectivity index (χ1n) is 5.84. The van der Waals surface area contributed by atoms with Crippen LogP contribution in [-0.4, -0.2) is 16.3 Å². The molecule has 1 heterocycles. The molecule has 18 heavy (non-hydrogen) atoms. The molecule has 2 aromatic rings. The summed E-state index contributed by atoms with van der Waals surface area (Å²) in [4.78, 5) is 11.7. The second kappa shape index (κ2) is 5.98. The summed E-state index contributed by atoms with van der Waals surface area (Å²) in [6.45, 7) is 0.306. The topological polar surface area (TPSA) is 42.2 Å². The molecule has 0 atom stereocenters. The van der Waals surface area contributed by atoms with Crippen LogP contribution in [0.1, 0.15) is 11.1 Å². The molecular weight excluding hydrogens is 226 g/mol. The van der Waals surface area contributed by atoms with Crippen LogP contribution in [0.3, 0.4) is 0 Å². The van der Waals surface area contributed by atoms with Crippen LogP contribution in [0.5, 0.6) is 0 Å². The number of hydrogen-bond donors (Lipinski definition) is 1. The van der Waals surface area contributed by atoms with Gasteiger partial charge in [-0.1, -0.05) is 42.5 Å². The standard InChI is InChI=1S/C15H15NO2/c17-11-10-16-9-8-14(12-15(16)18)7-6-13-4-2-1-3-5-13/h1-9,12,17H,10-11H2/b7-6+. The summed E-state index contributed by atoms with van der Waals surface area (Å²) in [7, 11) is 0. The van der Waals surface area contributed by atoms with E-state index in [1.807, 2.05) is 48.6 Å². The molecule has 0 fully saturated rings. The van der Waals surface area contributed by atoms with Crippen molar-refractivity contribution in [2.75, 3.05) is 6.61 Å². The molecule has 0 saturated heterocycles. The van der Waals surface area contributed by atoms with E-state index in [0.29, 0.717) is 6.54 Å². The molecule has 0 saturated carbocycles. The average molecular weight is 241 g/mol. The Bertz CT molecular complexity index is 585. The molecule has 2 rings (SSSR count). The van der Waals surface area contributed by atoms with Crippen molar-refractivity contribution in [2.45, 2.75) is 6.54 Å². The van der Waals surface area contributed by atoms with Gasteiger partial charge >= 0.3 is 0 Å². The number of nitrogens with zero attached hydrogens (tertiary/aromatic N) is 1. The summed E-state index contributed by atoms with van der Waals surface area (Å²) in [5.41, 5.74) is 1.86. The van der Waals surface area contributed by atoms with Crippen LogP contribution in [0.25, 0.3) is 12.2 Å². The van der Waals surface area contributed by atoms with Crippen molar-refractivity contribution in [3.8, 4) is 0 Å². The Labute approximate surface area is 106 Å². The highest BCUT2D eigenvalue weighted by Gasteiger charge is 1.95. The molecule has 0 aliphatic rings. The summed E-state index contributed by atoms with van der Waals surface area (Å²) >= 11 is 0. The molecule has 3 nitrogen and oxygen atoms in total. The Morgan fingerprint density at radius 1 is 1.06 bits per heavy atom. The predicted octanol–water partition coefficient (Wildman–Crippen LogP) is 2.01. The van der Waals surface area contributed by atoms with Crippen molar-refractivity contribution in [3.05, 3.63) is 70.1 Å². The molecule has 1 N–H and O–H groups in total. The molecule has 1 aromatic heterocycles. The molecule has 0 spiro atoms. The summed E-state index contributed by atoms with van der Waals surface area (Å²) in [6, 6.07) is 13.3. The Balaban J connectivity index is 2.18. The van der Waals surface area contributed by atoms with Crippen molar-refractivity contribution in [2.24, 2.45) is 0 Å². The first kappa shape index (κ1) is 12.3. The predicted molar refractivity (Wildman–Crippen MR) is 73.2 cm³/mol. The highest BCUT2D eigenvalue weighted by molar-refractivity contribution is 5.69. The minimum Gasteiger partial charge on any atom is -0.395 e. The molecular formula is C15H15NO2. The van der Waals surface area contributed by atoms with Crippen LogP contribution in [0.15, 0.2) is 53.5 Å². The third kappa shape index (κ3) is 3.18. The van der Waals surface area contributed by atoms with Crippen LogP contribution in [0.2, 0.25) is 0 Å². The third-order valence-electron chi connectivity index (χ3n) is 2.63.